The van der Waals surface area contributed by atoms with Crippen LogP contribution in [0.5, 0.6) is 0 Å². The van der Waals surface area contributed by atoms with Crippen LogP contribution >= 0.6 is 0 Å². The van der Waals surface area contributed by atoms with Gasteiger partial charge in [-0.25, -0.2) is 4.79 Å². The van der Waals surface area contributed by atoms with Crippen molar-refractivity contribution >= 4 is 11.9 Å². The topological polar surface area (TPSA) is 57.6 Å². The second-order valence-corrected chi connectivity index (χ2v) is 5.82. The zero-order valence-electron chi connectivity index (χ0n) is 12.9. The molecule has 0 bridgehead atoms. The van der Waals surface area contributed by atoms with E-state index in [0.29, 0.717) is 5.56 Å². The number of likely N-dealkylation sites (tertiary alicyclic amines) is 1. The van der Waals surface area contributed by atoms with Gasteiger partial charge in [0.05, 0.1) is 5.56 Å². The lowest BCUT2D eigenvalue weighted by atomic mass is 9.98. The summed E-state index contributed by atoms with van der Waals surface area (Å²) in [5.74, 6) is -1.10. The van der Waals surface area contributed by atoms with Gasteiger partial charge in [-0.1, -0.05) is 30.3 Å². The molecular weight excluding hydrogens is 290 g/mol. The minimum Gasteiger partial charge on any atom is -0.478 e. The number of aromatic carboxylic acids is 1. The summed E-state index contributed by atoms with van der Waals surface area (Å²) in [5.41, 5.74) is 2.26. The highest BCUT2D eigenvalue weighted by Gasteiger charge is 2.20. The fraction of sp³-hybridized carbons (Fsp3) is 0.263. The molecule has 1 fully saturated rings. The van der Waals surface area contributed by atoms with Crippen molar-refractivity contribution in [1.29, 1.82) is 0 Å². The number of carbonyl (C=O) groups excluding carboxylic acids is 1. The maximum atomic E-state index is 12.7. The normalized spacial score (nSPS) is 14.5. The van der Waals surface area contributed by atoms with Gasteiger partial charge in [-0.3, -0.25) is 4.79 Å². The molecule has 0 aromatic heterocycles. The molecule has 1 amide bonds. The predicted octanol–water partition coefficient (Wildman–Crippen LogP) is 3.68. The number of hydrogen-bond acceptors (Lipinski definition) is 2. The van der Waals surface area contributed by atoms with Gasteiger partial charge in [-0.05, 0) is 48.6 Å². The molecule has 2 aromatic rings. The largest absolute Gasteiger partial charge is 0.478 e. The molecule has 1 aliphatic rings. The van der Waals surface area contributed by atoms with Gasteiger partial charge in [0, 0.05) is 18.7 Å². The molecule has 1 saturated heterocycles. The molecular formula is C19H19NO3. The van der Waals surface area contributed by atoms with Crippen molar-refractivity contribution in [2.75, 3.05) is 13.1 Å². The molecule has 1 aliphatic heterocycles. The minimum atomic E-state index is -1.02. The van der Waals surface area contributed by atoms with Crippen LogP contribution in [0, 0.1) is 0 Å². The van der Waals surface area contributed by atoms with Crippen LogP contribution in [0.4, 0.5) is 0 Å². The Balaban J connectivity index is 2.00. The minimum absolute atomic E-state index is 0.0787. The summed E-state index contributed by atoms with van der Waals surface area (Å²) < 4.78 is 0. The van der Waals surface area contributed by atoms with E-state index in [-0.39, 0.29) is 11.5 Å². The Morgan fingerprint density at radius 1 is 0.826 bits per heavy atom. The highest BCUT2D eigenvalue weighted by Crippen LogP contribution is 2.24. The fourth-order valence-corrected chi connectivity index (χ4v) is 2.95. The number of carboxylic acid groups (broad SMARTS) is 1. The van der Waals surface area contributed by atoms with Gasteiger partial charge >= 0.3 is 5.97 Å². The SMILES string of the molecule is O=C(O)c1cc(C(=O)N2CCCCC2)cc(-c2ccccc2)c1. The van der Waals surface area contributed by atoms with Gasteiger partial charge in [0.15, 0.2) is 0 Å². The molecule has 0 radical (unpaired) electrons. The molecule has 0 saturated carbocycles. The van der Waals surface area contributed by atoms with Crippen molar-refractivity contribution in [3.8, 4) is 11.1 Å². The van der Waals surface area contributed by atoms with Gasteiger partial charge in [-0.2, -0.15) is 0 Å². The van der Waals surface area contributed by atoms with Gasteiger partial charge in [-0.15, -0.1) is 0 Å². The average molecular weight is 309 g/mol. The third kappa shape index (κ3) is 3.42. The molecule has 1 heterocycles. The lowest BCUT2D eigenvalue weighted by Crippen LogP contribution is -2.35. The van der Waals surface area contributed by atoms with Crippen molar-refractivity contribution in [1.82, 2.24) is 4.90 Å². The summed E-state index contributed by atoms with van der Waals surface area (Å²) in [6, 6.07) is 14.4. The summed E-state index contributed by atoms with van der Waals surface area (Å²) in [6.07, 6.45) is 3.17. The van der Waals surface area contributed by atoms with Gasteiger partial charge in [0.25, 0.3) is 5.91 Å². The molecule has 0 spiro atoms. The van der Waals surface area contributed by atoms with Crippen LogP contribution in [0.25, 0.3) is 11.1 Å². The van der Waals surface area contributed by atoms with Crippen molar-refractivity contribution in [3.05, 3.63) is 59.7 Å². The lowest BCUT2D eigenvalue weighted by Gasteiger charge is -2.27. The number of hydrogen-bond donors (Lipinski definition) is 1. The van der Waals surface area contributed by atoms with Crippen molar-refractivity contribution in [2.24, 2.45) is 0 Å². The predicted molar refractivity (Wildman–Crippen MR) is 88.6 cm³/mol. The van der Waals surface area contributed by atoms with Crippen LogP contribution in [0.1, 0.15) is 40.0 Å². The van der Waals surface area contributed by atoms with Crippen molar-refractivity contribution in [2.45, 2.75) is 19.3 Å². The van der Waals surface area contributed by atoms with E-state index in [1.54, 1.807) is 12.1 Å². The van der Waals surface area contributed by atoms with E-state index in [2.05, 4.69) is 0 Å². The molecule has 4 nitrogen and oxygen atoms in total. The van der Waals surface area contributed by atoms with E-state index in [4.69, 9.17) is 0 Å². The van der Waals surface area contributed by atoms with Crippen LogP contribution in [-0.4, -0.2) is 35.0 Å². The Morgan fingerprint density at radius 2 is 1.48 bits per heavy atom. The third-order valence-corrected chi connectivity index (χ3v) is 4.18. The second kappa shape index (κ2) is 6.65. The standard InChI is InChI=1S/C19H19NO3/c21-18(20-9-5-2-6-10-20)16-11-15(12-17(13-16)19(22)23)14-7-3-1-4-8-14/h1,3-4,7-8,11-13H,2,5-6,9-10H2,(H,22,23). The number of nitrogens with zero attached hydrogens (tertiary/aromatic N) is 1. The summed E-state index contributed by atoms with van der Waals surface area (Å²) >= 11 is 0. The molecule has 23 heavy (non-hydrogen) atoms. The van der Waals surface area contributed by atoms with Gasteiger partial charge < -0.3 is 10.0 Å². The summed E-state index contributed by atoms with van der Waals surface area (Å²) in [5, 5.41) is 9.35. The molecule has 4 heteroatoms. The summed E-state index contributed by atoms with van der Waals surface area (Å²) in [4.78, 5) is 25.9. The Labute approximate surface area is 135 Å². The Morgan fingerprint density at radius 3 is 2.13 bits per heavy atom. The first-order valence-electron chi connectivity index (χ1n) is 7.88. The molecule has 0 aliphatic carbocycles. The monoisotopic (exact) mass is 309 g/mol. The maximum absolute atomic E-state index is 12.7. The Hall–Kier alpha value is -2.62. The highest BCUT2D eigenvalue weighted by molar-refractivity contribution is 5.99. The quantitative estimate of drug-likeness (QED) is 0.941. The highest BCUT2D eigenvalue weighted by atomic mass is 16.4. The molecule has 0 atom stereocenters. The van der Waals surface area contributed by atoms with Crippen molar-refractivity contribution in [3.63, 3.8) is 0 Å². The van der Waals surface area contributed by atoms with Crippen LogP contribution in [0.2, 0.25) is 0 Å². The molecule has 118 valence electrons. The Bertz CT molecular complexity index is 719. The van der Waals surface area contributed by atoms with E-state index in [1.807, 2.05) is 35.2 Å². The zero-order chi connectivity index (χ0) is 16.2. The first-order chi connectivity index (χ1) is 11.1. The molecule has 1 N–H and O–H groups in total. The Kier molecular flexibility index (Phi) is 4.42. The molecule has 0 unspecified atom stereocenters. The molecule has 2 aromatic carbocycles. The van der Waals surface area contributed by atoms with Crippen LogP contribution < -0.4 is 0 Å². The first kappa shape index (κ1) is 15.3. The second-order valence-electron chi connectivity index (χ2n) is 5.82. The molecule has 3 rings (SSSR count). The average Bonchev–Trinajstić information content (AvgIpc) is 2.62. The summed E-state index contributed by atoms with van der Waals surface area (Å²) in [6.45, 7) is 1.49. The number of amides is 1. The number of piperidine rings is 1. The fourth-order valence-electron chi connectivity index (χ4n) is 2.95. The van der Waals surface area contributed by atoms with Gasteiger partial charge in [0.1, 0.15) is 0 Å². The van der Waals surface area contributed by atoms with E-state index >= 15 is 0 Å². The van der Waals surface area contributed by atoms with E-state index < -0.39 is 5.97 Å². The third-order valence-electron chi connectivity index (χ3n) is 4.18. The first-order valence-corrected chi connectivity index (χ1v) is 7.88. The summed E-state index contributed by atoms with van der Waals surface area (Å²) in [7, 11) is 0. The number of benzene rings is 2. The smallest absolute Gasteiger partial charge is 0.335 e. The van der Waals surface area contributed by atoms with Crippen LogP contribution in [0.3, 0.4) is 0 Å². The van der Waals surface area contributed by atoms with Crippen LogP contribution in [-0.2, 0) is 0 Å². The zero-order valence-corrected chi connectivity index (χ0v) is 12.9. The van der Waals surface area contributed by atoms with Gasteiger partial charge in [0.2, 0.25) is 0 Å². The van der Waals surface area contributed by atoms with Crippen LogP contribution in [0.15, 0.2) is 48.5 Å². The van der Waals surface area contributed by atoms with E-state index in [0.717, 1.165) is 43.5 Å². The van der Waals surface area contributed by atoms with Crippen molar-refractivity contribution < 1.29 is 14.7 Å². The number of carboxylic acids is 1. The van der Waals surface area contributed by atoms with E-state index in [9.17, 15) is 14.7 Å². The van der Waals surface area contributed by atoms with E-state index in [1.165, 1.54) is 6.07 Å². The maximum Gasteiger partial charge on any atom is 0.335 e. The lowest BCUT2D eigenvalue weighted by molar-refractivity contribution is 0.0697. The number of rotatable bonds is 3. The number of carbonyl (C=O) groups is 2.